The lowest BCUT2D eigenvalue weighted by Gasteiger charge is -2.12. The second-order valence-corrected chi connectivity index (χ2v) is 6.62. The van der Waals surface area contributed by atoms with Crippen LogP contribution in [0.4, 0.5) is 0 Å². The Morgan fingerprint density at radius 3 is 2.89 bits per heavy atom. The molecule has 1 aliphatic rings. The minimum atomic E-state index is -3.54. The molecule has 0 radical (unpaired) electrons. The summed E-state index contributed by atoms with van der Waals surface area (Å²) in [6.45, 7) is 1.20. The van der Waals surface area contributed by atoms with Gasteiger partial charge in [-0.1, -0.05) is 11.6 Å². The lowest BCUT2D eigenvalue weighted by atomic mass is 10.2. The maximum atomic E-state index is 12.1. The summed E-state index contributed by atoms with van der Waals surface area (Å²) in [4.78, 5) is 0.176. The molecule has 1 fully saturated rings. The topological polar surface area (TPSA) is 81.4 Å². The third-order valence-electron chi connectivity index (χ3n) is 3.07. The van der Waals surface area contributed by atoms with Gasteiger partial charge in [0.1, 0.15) is 0 Å². The predicted octanol–water partition coefficient (Wildman–Crippen LogP) is 1.26. The molecular formula is C12H17ClN2O3S. The number of nitrogens with two attached hydrogens (primary N) is 1. The average Bonchev–Trinajstić information content (AvgIpc) is 2.90. The minimum absolute atomic E-state index is 0.0314. The van der Waals surface area contributed by atoms with Crippen molar-refractivity contribution in [3.8, 4) is 0 Å². The first-order chi connectivity index (χ1) is 9.03. The monoisotopic (exact) mass is 304 g/mol. The van der Waals surface area contributed by atoms with Crippen molar-refractivity contribution in [1.29, 1.82) is 0 Å². The highest BCUT2D eigenvalue weighted by molar-refractivity contribution is 7.89. The first kappa shape index (κ1) is 14.7. The summed E-state index contributed by atoms with van der Waals surface area (Å²) < 4.78 is 32.2. The summed E-state index contributed by atoms with van der Waals surface area (Å²) in [5, 5.41) is 0.473. The van der Waals surface area contributed by atoms with Gasteiger partial charge >= 0.3 is 0 Å². The Hall–Kier alpha value is -0.660. The van der Waals surface area contributed by atoms with E-state index in [-0.39, 0.29) is 17.5 Å². The molecular weight excluding hydrogens is 288 g/mol. The molecule has 0 aromatic heterocycles. The van der Waals surface area contributed by atoms with Crippen LogP contribution in [0.1, 0.15) is 18.4 Å². The van der Waals surface area contributed by atoms with Crippen molar-refractivity contribution in [3.63, 3.8) is 0 Å². The van der Waals surface area contributed by atoms with Crippen molar-refractivity contribution in [1.82, 2.24) is 4.72 Å². The minimum Gasteiger partial charge on any atom is -0.377 e. The molecule has 2 rings (SSSR count). The molecule has 106 valence electrons. The summed E-state index contributed by atoms with van der Waals surface area (Å²) in [5.74, 6) is 0. The highest BCUT2D eigenvalue weighted by Gasteiger charge is 2.20. The van der Waals surface area contributed by atoms with Gasteiger partial charge in [0.15, 0.2) is 0 Å². The maximum absolute atomic E-state index is 12.1. The molecule has 0 amide bonds. The van der Waals surface area contributed by atoms with Crippen molar-refractivity contribution < 1.29 is 13.2 Å². The van der Waals surface area contributed by atoms with Gasteiger partial charge < -0.3 is 10.5 Å². The zero-order chi connectivity index (χ0) is 13.9. The Labute approximate surface area is 118 Å². The quantitative estimate of drug-likeness (QED) is 0.858. The van der Waals surface area contributed by atoms with Gasteiger partial charge in [0.25, 0.3) is 0 Å². The van der Waals surface area contributed by atoms with E-state index in [0.717, 1.165) is 12.8 Å². The standard InChI is InChI=1S/C12H17ClN2O3S/c13-12-4-3-11(6-9(12)7-14)19(16,17)15-8-10-2-1-5-18-10/h3-4,6,10,15H,1-2,5,7-8,14H2. The fourth-order valence-electron chi connectivity index (χ4n) is 1.97. The van der Waals surface area contributed by atoms with Crippen LogP contribution >= 0.6 is 11.6 Å². The summed E-state index contributed by atoms with van der Waals surface area (Å²) >= 11 is 5.91. The van der Waals surface area contributed by atoms with E-state index < -0.39 is 10.0 Å². The van der Waals surface area contributed by atoms with Gasteiger partial charge in [-0.05, 0) is 36.6 Å². The van der Waals surface area contributed by atoms with Crippen LogP contribution in [0.5, 0.6) is 0 Å². The predicted molar refractivity (Wildman–Crippen MR) is 73.5 cm³/mol. The van der Waals surface area contributed by atoms with E-state index in [1.807, 2.05) is 0 Å². The number of ether oxygens (including phenoxy) is 1. The van der Waals surface area contributed by atoms with E-state index in [4.69, 9.17) is 22.1 Å². The van der Waals surface area contributed by atoms with Gasteiger partial charge in [0.05, 0.1) is 11.0 Å². The Morgan fingerprint density at radius 2 is 2.26 bits per heavy atom. The lowest BCUT2D eigenvalue weighted by Crippen LogP contribution is -2.31. The van der Waals surface area contributed by atoms with E-state index in [0.29, 0.717) is 23.7 Å². The van der Waals surface area contributed by atoms with Crippen LogP contribution in [0.3, 0.4) is 0 Å². The molecule has 5 nitrogen and oxygen atoms in total. The smallest absolute Gasteiger partial charge is 0.240 e. The molecule has 0 spiro atoms. The molecule has 19 heavy (non-hydrogen) atoms. The van der Waals surface area contributed by atoms with Crippen LogP contribution in [-0.2, 0) is 21.3 Å². The van der Waals surface area contributed by atoms with Crippen LogP contribution in [0.25, 0.3) is 0 Å². The average molecular weight is 305 g/mol. The Balaban J connectivity index is 2.10. The van der Waals surface area contributed by atoms with E-state index in [9.17, 15) is 8.42 Å². The second kappa shape index (κ2) is 6.19. The molecule has 1 heterocycles. The second-order valence-electron chi connectivity index (χ2n) is 4.44. The van der Waals surface area contributed by atoms with Gasteiger partial charge in [0, 0.05) is 24.7 Å². The molecule has 0 bridgehead atoms. The number of benzene rings is 1. The Bertz CT molecular complexity index is 542. The number of sulfonamides is 1. The highest BCUT2D eigenvalue weighted by atomic mass is 35.5. The van der Waals surface area contributed by atoms with Gasteiger partial charge in [-0.25, -0.2) is 13.1 Å². The zero-order valence-electron chi connectivity index (χ0n) is 10.4. The molecule has 1 aliphatic heterocycles. The fourth-order valence-corrected chi connectivity index (χ4v) is 3.28. The molecule has 1 atom stereocenters. The van der Waals surface area contributed by atoms with Crippen molar-refractivity contribution in [2.24, 2.45) is 5.73 Å². The summed E-state index contributed by atoms with van der Waals surface area (Å²) in [7, 11) is -3.54. The summed E-state index contributed by atoms with van der Waals surface area (Å²) in [6, 6.07) is 4.52. The number of hydrogen-bond acceptors (Lipinski definition) is 4. The molecule has 1 aromatic rings. The first-order valence-corrected chi connectivity index (χ1v) is 7.99. The van der Waals surface area contributed by atoms with E-state index in [2.05, 4.69) is 4.72 Å². The van der Waals surface area contributed by atoms with Gasteiger partial charge in [-0.3, -0.25) is 0 Å². The molecule has 1 unspecified atom stereocenters. The summed E-state index contributed by atoms with van der Waals surface area (Å²) in [5.41, 5.74) is 6.13. The SMILES string of the molecule is NCc1cc(S(=O)(=O)NCC2CCCO2)ccc1Cl. The van der Waals surface area contributed by atoms with Crippen molar-refractivity contribution >= 4 is 21.6 Å². The lowest BCUT2D eigenvalue weighted by molar-refractivity contribution is 0.114. The maximum Gasteiger partial charge on any atom is 0.240 e. The molecule has 1 saturated heterocycles. The van der Waals surface area contributed by atoms with Gasteiger partial charge in [0.2, 0.25) is 10.0 Å². The zero-order valence-corrected chi connectivity index (χ0v) is 12.0. The number of halogens is 1. The third-order valence-corrected chi connectivity index (χ3v) is 4.86. The summed E-state index contributed by atoms with van der Waals surface area (Å²) in [6.07, 6.45) is 1.83. The Morgan fingerprint density at radius 1 is 1.47 bits per heavy atom. The van der Waals surface area contributed by atoms with E-state index in [1.54, 1.807) is 6.07 Å². The van der Waals surface area contributed by atoms with Crippen molar-refractivity contribution in [2.75, 3.05) is 13.2 Å². The van der Waals surface area contributed by atoms with Crippen molar-refractivity contribution in [2.45, 2.75) is 30.4 Å². The number of rotatable bonds is 5. The van der Waals surface area contributed by atoms with E-state index in [1.165, 1.54) is 12.1 Å². The van der Waals surface area contributed by atoms with Crippen LogP contribution in [0.2, 0.25) is 5.02 Å². The molecule has 3 N–H and O–H groups in total. The van der Waals surface area contributed by atoms with Crippen LogP contribution in [0, 0.1) is 0 Å². The van der Waals surface area contributed by atoms with Crippen LogP contribution in [-0.4, -0.2) is 27.7 Å². The van der Waals surface area contributed by atoms with Crippen LogP contribution < -0.4 is 10.5 Å². The number of hydrogen-bond donors (Lipinski definition) is 2. The van der Waals surface area contributed by atoms with Crippen LogP contribution in [0.15, 0.2) is 23.1 Å². The van der Waals surface area contributed by atoms with Gasteiger partial charge in [-0.2, -0.15) is 0 Å². The van der Waals surface area contributed by atoms with Gasteiger partial charge in [-0.15, -0.1) is 0 Å². The molecule has 0 aliphatic carbocycles. The third kappa shape index (κ3) is 3.67. The fraction of sp³-hybridized carbons (Fsp3) is 0.500. The Kier molecular flexibility index (Phi) is 4.81. The molecule has 7 heteroatoms. The first-order valence-electron chi connectivity index (χ1n) is 6.12. The molecule has 0 saturated carbocycles. The largest absolute Gasteiger partial charge is 0.377 e. The highest BCUT2D eigenvalue weighted by Crippen LogP contribution is 2.20. The normalized spacial score (nSPS) is 19.8. The van der Waals surface area contributed by atoms with Crippen molar-refractivity contribution in [3.05, 3.63) is 28.8 Å². The number of nitrogens with one attached hydrogen (secondary N) is 1. The van der Waals surface area contributed by atoms with E-state index >= 15 is 0 Å². The molecule has 1 aromatic carbocycles.